The average molecular weight is 264 g/mol. The fraction of sp³-hybridized carbons (Fsp3) is 0.533. The third kappa shape index (κ3) is 4.65. The molecule has 0 heterocycles. The second-order valence-corrected chi connectivity index (χ2v) is 4.71. The first-order chi connectivity index (χ1) is 9.10. The molecule has 1 aromatic rings. The lowest BCUT2D eigenvalue weighted by Crippen LogP contribution is -2.37. The molecule has 4 nitrogen and oxygen atoms in total. The molecule has 0 radical (unpaired) electrons. The molecule has 106 valence electrons. The summed E-state index contributed by atoms with van der Waals surface area (Å²) in [5.41, 5.74) is 0.730. The first-order valence-electron chi connectivity index (χ1n) is 6.63. The Balaban J connectivity index is 2.59. The van der Waals surface area contributed by atoms with Gasteiger partial charge in [-0.25, -0.2) is 0 Å². The maximum absolute atomic E-state index is 12.3. The van der Waals surface area contributed by atoms with Gasteiger partial charge in [-0.1, -0.05) is 0 Å². The van der Waals surface area contributed by atoms with Crippen LogP contribution in [0.15, 0.2) is 24.3 Å². The number of carbonyl (C=O) groups is 1. The van der Waals surface area contributed by atoms with Gasteiger partial charge in [0, 0.05) is 5.56 Å². The number of ketones is 1. The minimum atomic E-state index is -0.106. The van der Waals surface area contributed by atoms with Crippen molar-refractivity contribution in [3.63, 3.8) is 0 Å². The van der Waals surface area contributed by atoms with E-state index >= 15 is 0 Å². The van der Waals surface area contributed by atoms with Gasteiger partial charge in [-0.15, -0.1) is 0 Å². The van der Waals surface area contributed by atoms with Gasteiger partial charge in [0.1, 0.15) is 5.75 Å². The predicted molar refractivity (Wildman–Crippen MR) is 78.0 cm³/mol. The van der Waals surface area contributed by atoms with Crippen molar-refractivity contribution in [1.82, 2.24) is 10.2 Å². The van der Waals surface area contributed by atoms with Crippen molar-refractivity contribution in [2.45, 2.75) is 19.4 Å². The number of hydrogen-bond donors (Lipinski definition) is 1. The van der Waals surface area contributed by atoms with Gasteiger partial charge < -0.3 is 10.1 Å². The number of ether oxygens (including phenoxy) is 1. The van der Waals surface area contributed by atoms with Crippen LogP contribution in [-0.4, -0.2) is 51.0 Å². The third-order valence-electron chi connectivity index (χ3n) is 3.35. The van der Waals surface area contributed by atoms with Crippen LogP contribution in [0.25, 0.3) is 0 Å². The van der Waals surface area contributed by atoms with E-state index in [-0.39, 0.29) is 11.8 Å². The van der Waals surface area contributed by atoms with Crippen LogP contribution in [0.2, 0.25) is 0 Å². The summed E-state index contributed by atoms with van der Waals surface area (Å²) in [5.74, 6) is 0.918. The van der Waals surface area contributed by atoms with Gasteiger partial charge in [-0.3, -0.25) is 9.69 Å². The van der Waals surface area contributed by atoms with Gasteiger partial charge in [0.05, 0.1) is 13.2 Å². The summed E-state index contributed by atoms with van der Waals surface area (Å²) in [6, 6.07) is 7.17. The highest BCUT2D eigenvalue weighted by Crippen LogP contribution is 2.14. The number of nitrogens with zero attached hydrogens (tertiary/aromatic N) is 1. The number of Topliss-reactive ketones (excluding diaryl/α,β-unsaturated/α-hetero) is 1. The Labute approximate surface area is 115 Å². The molecule has 0 aliphatic carbocycles. The van der Waals surface area contributed by atoms with Crippen molar-refractivity contribution in [3.05, 3.63) is 29.8 Å². The maximum atomic E-state index is 12.3. The van der Waals surface area contributed by atoms with Crippen LogP contribution in [0.4, 0.5) is 0 Å². The SMILES string of the molecule is CNCCCN(C)C(C)C(=O)c1ccc(OC)cc1. The van der Waals surface area contributed by atoms with Crippen molar-refractivity contribution in [3.8, 4) is 5.75 Å². The van der Waals surface area contributed by atoms with Crippen LogP contribution in [0.1, 0.15) is 23.7 Å². The molecule has 0 amide bonds. The van der Waals surface area contributed by atoms with E-state index in [0.29, 0.717) is 0 Å². The highest BCUT2D eigenvalue weighted by Gasteiger charge is 2.19. The number of likely N-dealkylation sites (N-methyl/N-ethyl adjacent to an activating group) is 1. The lowest BCUT2D eigenvalue weighted by molar-refractivity contribution is 0.0868. The smallest absolute Gasteiger partial charge is 0.179 e. The van der Waals surface area contributed by atoms with Gasteiger partial charge in [-0.2, -0.15) is 0 Å². The van der Waals surface area contributed by atoms with Crippen molar-refractivity contribution in [2.24, 2.45) is 0 Å². The lowest BCUT2D eigenvalue weighted by atomic mass is 10.0. The van der Waals surface area contributed by atoms with E-state index in [0.717, 1.165) is 30.8 Å². The van der Waals surface area contributed by atoms with Crippen LogP contribution < -0.4 is 10.1 Å². The largest absolute Gasteiger partial charge is 0.497 e. The Hall–Kier alpha value is -1.39. The average Bonchev–Trinajstić information content (AvgIpc) is 2.46. The summed E-state index contributed by atoms with van der Waals surface area (Å²) in [7, 11) is 5.54. The monoisotopic (exact) mass is 264 g/mol. The van der Waals surface area contributed by atoms with Crippen LogP contribution in [0.3, 0.4) is 0 Å². The zero-order valence-corrected chi connectivity index (χ0v) is 12.3. The predicted octanol–water partition coefficient (Wildman–Crippen LogP) is 1.81. The second kappa shape index (κ2) is 7.92. The molecule has 19 heavy (non-hydrogen) atoms. The van der Waals surface area contributed by atoms with Gasteiger partial charge in [0.15, 0.2) is 5.78 Å². The van der Waals surface area contributed by atoms with Gasteiger partial charge in [0.25, 0.3) is 0 Å². The molecule has 0 aliphatic heterocycles. The molecule has 1 atom stereocenters. The maximum Gasteiger partial charge on any atom is 0.179 e. The molecule has 0 aromatic heterocycles. The summed E-state index contributed by atoms with van der Waals surface area (Å²) in [4.78, 5) is 14.4. The summed E-state index contributed by atoms with van der Waals surface area (Å²) in [6.07, 6.45) is 1.03. The van der Waals surface area contributed by atoms with Crippen LogP contribution in [-0.2, 0) is 0 Å². The number of carbonyl (C=O) groups excluding carboxylic acids is 1. The highest BCUT2D eigenvalue weighted by molar-refractivity contribution is 5.99. The van der Waals surface area contributed by atoms with Crippen LogP contribution in [0, 0.1) is 0 Å². The fourth-order valence-corrected chi connectivity index (χ4v) is 1.90. The molecule has 0 saturated heterocycles. The van der Waals surface area contributed by atoms with E-state index < -0.39 is 0 Å². The van der Waals surface area contributed by atoms with Crippen LogP contribution in [0.5, 0.6) is 5.75 Å². The number of nitrogens with one attached hydrogen (secondary N) is 1. The first-order valence-corrected chi connectivity index (χ1v) is 6.63. The molecule has 1 aromatic carbocycles. The zero-order valence-electron chi connectivity index (χ0n) is 12.3. The standard InChI is InChI=1S/C15H24N2O2/c1-12(17(3)11-5-10-16-2)15(18)13-6-8-14(19-4)9-7-13/h6-9,12,16H,5,10-11H2,1-4H3. The molecule has 0 aliphatic rings. The number of hydrogen-bond acceptors (Lipinski definition) is 4. The molecule has 1 rings (SSSR count). The Kier molecular flexibility index (Phi) is 6.53. The zero-order chi connectivity index (χ0) is 14.3. The van der Waals surface area contributed by atoms with Crippen molar-refractivity contribution in [2.75, 3.05) is 34.3 Å². The van der Waals surface area contributed by atoms with E-state index in [1.165, 1.54) is 0 Å². The number of benzene rings is 1. The molecule has 0 fully saturated rings. The Bertz CT molecular complexity index is 390. The summed E-state index contributed by atoms with van der Waals surface area (Å²) < 4.78 is 5.09. The molecule has 1 unspecified atom stereocenters. The van der Waals surface area contributed by atoms with Crippen molar-refractivity contribution in [1.29, 1.82) is 0 Å². The summed E-state index contributed by atoms with van der Waals surface area (Å²) >= 11 is 0. The molecule has 1 N–H and O–H groups in total. The van der Waals surface area contributed by atoms with Crippen molar-refractivity contribution >= 4 is 5.78 Å². The third-order valence-corrected chi connectivity index (χ3v) is 3.35. The fourth-order valence-electron chi connectivity index (χ4n) is 1.90. The quantitative estimate of drug-likeness (QED) is 0.574. The van der Waals surface area contributed by atoms with E-state index in [9.17, 15) is 4.79 Å². The Morgan fingerprint density at radius 1 is 1.37 bits per heavy atom. The number of rotatable bonds is 8. The van der Waals surface area contributed by atoms with E-state index in [1.807, 2.05) is 45.3 Å². The van der Waals surface area contributed by atoms with Crippen LogP contribution >= 0.6 is 0 Å². The first kappa shape index (κ1) is 15.7. The minimum absolute atomic E-state index is 0.106. The lowest BCUT2D eigenvalue weighted by Gasteiger charge is -2.23. The summed E-state index contributed by atoms with van der Waals surface area (Å²) in [6.45, 7) is 3.82. The molecule has 0 spiro atoms. The Morgan fingerprint density at radius 3 is 2.53 bits per heavy atom. The highest BCUT2D eigenvalue weighted by atomic mass is 16.5. The molecule has 4 heteroatoms. The van der Waals surface area contributed by atoms with Gasteiger partial charge in [0.2, 0.25) is 0 Å². The molecular formula is C15H24N2O2. The topological polar surface area (TPSA) is 41.6 Å². The summed E-state index contributed by atoms with van der Waals surface area (Å²) in [5, 5.41) is 3.11. The second-order valence-electron chi connectivity index (χ2n) is 4.71. The molecule has 0 saturated carbocycles. The Morgan fingerprint density at radius 2 is 2.00 bits per heavy atom. The van der Waals surface area contributed by atoms with Gasteiger partial charge >= 0.3 is 0 Å². The van der Waals surface area contributed by atoms with E-state index in [1.54, 1.807) is 7.11 Å². The normalized spacial score (nSPS) is 12.5. The molecular weight excluding hydrogens is 240 g/mol. The number of methoxy groups -OCH3 is 1. The minimum Gasteiger partial charge on any atom is -0.497 e. The van der Waals surface area contributed by atoms with Crippen molar-refractivity contribution < 1.29 is 9.53 Å². The molecule has 0 bridgehead atoms. The van der Waals surface area contributed by atoms with E-state index in [2.05, 4.69) is 10.2 Å². The van der Waals surface area contributed by atoms with Gasteiger partial charge in [-0.05, 0) is 64.8 Å². The van der Waals surface area contributed by atoms with E-state index in [4.69, 9.17) is 4.74 Å².